The Balaban J connectivity index is 2.22. The van der Waals surface area contributed by atoms with Crippen LogP contribution in [0, 0.1) is 30.3 Å². The number of nitro groups is 3. The molecule has 3 rings (SSSR count). The van der Waals surface area contributed by atoms with Crippen molar-refractivity contribution in [2.75, 3.05) is 0 Å². The second kappa shape index (κ2) is 7.66. The van der Waals surface area contributed by atoms with E-state index < -0.39 is 21.5 Å². The van der Waals surface area contributed by atoms with Gasteiger partial charge in [-0.1, -0.05) is 52.8 Å². The molecule has 138 valence electrons. The van der Waals surface area contributed by atoms with Gasteiger partial charge in [0.05, 0.1) is 14.8 Å². The number of hydrogen-bond donors (Lipinski definition) is 0. The maximum Gasteiger partial charge on any atom is 0.268 e. The van der Waals surface area contributed by atoms with Gasteiger partial charge in [0.1, 0.15) is 0 Å². The third kappa shape index (κ3) is 3.85. The number of benzene rings is 3. The molecule has 0 aliphatic carbocycles. The molecule has 0 spiro atoms. The highest BCUT2D eigenvalue weighted by Crippen LogP contribution is 2.13. The van der Waals surface area contributed by atoms with E-state index in [0.717, 1.165) is 0 Å². The average Bonchev–Trinajstić information content (AvgIpc) is 2.69. The third-order valence-electron chi connectivity index (χ3n) is 4.24. The van der Waals surface area contributed by atoms with Gasteiger partial charge in [-0.05, 0) is 0 Å². The summed E-state index contributed by atoms with van der Waals surface area (Å²) in [5, 5.41) is 33.5. The fourth-order valence-electron chi connectivity index (χ4n) is 3.03. The molecule has 9 nitrogen and oxygen atoms in total. The van der Waals surface area contributed by atoms with E-state index in [2.05, 4.69) is 0 Å². The Morgan fingerprint density at radius 3 is 1.07 bits per heavy atom. The summed E-state index contributed by atoms with van der Waals surface area (Å²) < 4.78 is 0. The summed E-state index contributed by atoms with van der Waals surface area (Å²) in [5.41, 5.74) is 1.07. The van der Waals surface area contributed by atoms with Crippen LogP contribution in [0.1, 0.15) is 0 Å². The first kappa shape index (κ1) is 18.7. The van der Waals surface area contributed by atoms with Crippen molar-refractivity contribution < 1.29 is 14.8 Å². The van der Waals surface area contributed by atoms with Crippen LogP contribution >= 0.6 is 0 Å². The maximum absolute atomic E-state index is 11.2. The van der Waals surface area contributed by atoms with E-state index in [1.165, 1.54) is 54.6 Å². The number of nitro benzene ring substituents is 3. The van der Waals surface area contributed by atoms with Gasteiger partial charge >= 0.3 is 0 Å². The zero-order valence-electron chi connectivity index (χ0n) is 14.3. The Morgan fingerprint density at radius 1 is 0.536 bits per heavy atom. The smallest absolute Gasteiger partial charge is 0.258 e. The van der Waals surface area contributed by atoms with Crippen LogP contribution in [0.15, 0.2) is 72.8 Å². The van der Waals surface area contributed by atoms with Crippen molar-refractivity contribution in [1.29, 1.82) is 0 Å². The predicted octanol–water partition coefficient (Wildman–Crippen LogP) is 1.93. The van der Waals surface area contributed by atoms with Gasteiger partial charge in [0.2, 0.25) is 6.71 Å². The minimum atomic E-state index is -0.653. The van der Waals surface area contributed by atoms with Gasteiger partial charge in [0, 0.05) is 36.4 Å². The molecule has 0 radical (unpaired) electrons. The Bertz CT molecular complexity index is 951. The van der Waals surface area contributed by atoms with Crippen LogP contribution in [0.2, 0.25) is 0 Å². The van der Waals surface area contributed by atoms with Gasteiger partial charge in [-0.25, -0.2) is 0 Å². The van der Waals surface area contributed by atoms with Crippen LogP contribution in [-0.2, 0) is 0 Å². The second-order valence-electron chi connectivity index (χ2n) is 5.99. The minimum absolute atomic E-state index is 0.140. The van der Waals surface area contributed by atoms with Gasteiger partial charge in [-0.15, -0.1) is 0 Å². The van der Waals surface area contributed by atoms with Crippen molar-refractivity contribution >= 4 is 40.2 Å². The van der Waals surface area contributed by atoms with Crippen molar-refractivity contribution in [1.82, 2.24) is 0 Å². The summed E-state index contributed by atoms with van der Waals surface area (Å²) in [6, 6.07) is 17.6. The first-order chi connectivity index (χ1) is 13.4. The van der Waals surface area contributed by atoms with Crippen LogP contribution < -0.4 is 16.4 Å². The van der Waals surface area contributed by atoms with Crippen LogP contribution in [-0.4, -0.2) is 21.5 Å². The summed E-state index contributed by atoms with van der Waals surface area (Å²) in [6.07, 6.45) is 0. The Labute approximate surface area is 158 Å². The maximum atomic E-state index is 11.2. The standard InChI is InChI=1S/C18H12BN3O6/c23-20(24)16-7-1-4-13(10-16)19(14-5-2-8-17(11-14)21(25)26)15-6-3-9-18(12-15)22(27)28/h1-12H. The van der Waals surface area contributed by atoms with Gasteiger partial charge < -0.3 is 0 Å². The quantitative estimate of drug-likeness (QED) is 0.367. The lowest BCUT2D eigenvalue weighted by molar-refractivity contribution is -0.384. The van der Waals surface area contributed by atoms with E-state index in [-0.39, 0.29) is 17.1 Å². The molecule has 0 aromatic heterocycles. The highest BCUT2D eigenvalue weighted by atomic mass is 16.6. The number of hydrogen-bond acceptors (Lipinski definition) is 6. The zero-order chi connectivity index (χ0) is 20.3. The largest absolute Gasteiger partial charge is 0.268 e. The van der Waals surface area contributed by atoms with Crippen LogP contribution in [0.5, 0.6) is 0 Å². The summed E-state index contributed by atoms with van der Waals surface area (Å²) in [5.74, 6) is 0. The van der Waals surface area contributed by atoms with Gasteiger partial charge in [-0.2, -0.15) is 0 Å². The molecule has 0 saturated heterocycles. The predicted molar refractivity (Wildman–Crippen MR) is 104 cm³/mol. The van der Waals surface area contributed by atoms with Crippen molar-refractivity contribution in [3.8, 4) is 0 Å². The molecule has 28 heavy (non-hydrogen) atoms. The fourth-order valence-corrected chi connectivity index (χ4v) is 3.03. The number of nitrogens with zero attached hydrogens (tertiary/aromatic N) is 3. The van der Waals surface area contributed by atoms with E-state index >= 15 is 0 Å². The van der Waals surface area contributed by atoms with Gasteiger partial charge in [0.15, 0.2) is 0 Å². The normalized spacial score (nSPS) is 10.3. The molecule has 0 amide bonds. The molecular formula is C18H12BN3O6. The van der Waals surface area contributed by atoms with E-state index in [0.29, 0.717) is 16.4 Å². The van der Waals surface area contributed by atoms with Gasteiger partial charge in [0.25, 0.3) is 17.1 Å². The summed E-state index contributed by atoms with van der Waals surface area (Å²) >= 11 is 0. The molecule has 0 N–H and O–H groups in total. The average molecular weight is 377 g/mol. The summed E-state index contributed by atoms with van der Waals surface area (Å²) in [7, 11) is 0. The Hall–Kier alpha value is -4.08. The van der Waals surface area contributed by atoms with E-state index in [9.17, 15) is 30.3 Å². The second-order valence-corrected chi connectivity index (χ2v) is 5.99. The minimum Gasteiger partial charge on any atom is -0.258 e. The molecule has 0 aliphatic heterocycles. The molecule has 0 aliphatic rings. The topological polar surface area (TPSA) is 129 Å². The summed E-state index contributed by atoms with van der Waals surface area (Å²) in [4.78, 5) is 31.9. The monoisotopic (exact) mass is 377 g/mol. The van der Waals surface area contributed by atoms with E-state index in [1.807, 2.05) is 0 Å². The van der Waals surface area contributed by atoms with Crippen molar-refractivity contribution in [3.05, 3.63) is 103 Å². The lowest BCUT2D eigenvalue weighted by Crippen LogP contribution is -2.52. The fraction of sp³-hybridized carbons (Fsp3) is 0. The van der Waals surface area contributed by atoms with Crippen LogP contribution in [0.25, 0.3) is 0 Å². The number of non-ortho nitro benzene ring substituents is 3. The van der Waals surface area contributed by atoms with E-state index in [4.69, 9.17) is 0 Å². The SMILES string of the molecule is O=[N+]([O-])c1cccc(B(c2cccc([N+](=O)[O-])c2)c2cccc([N+](=O)[O-])c2)c1. The van der Waals surface area contributed by atoms with Crippen LogP contribution in [0.4, 0.5) is 17.1 Å². The molecule has 0 bridgehead atoms. The lowest BCUT2D eigenvalue weighted by atomic mass is 9.37. The lowest BCUT2D eigenvalue weighted by Gasteiger charge is -2.15. The Kier molecular flexibility index (Phi) is 5.12. The zero-order valence-corrected chi connectivity index (χ0v) is 14.3. The third-order valence-corrected chi connectivity index (χ3v) is 4.24. The van der Waals surface area contributed by atoms with Crippen molar-refractivity contribution in [2.24, 2.45) is 0 Å². The number of rotatable bonds is 6. The summed E-state index contributed by atoms with van der Waals surface area (Å²) in [6.45, 7) is -0.653. The molecular weight excluding hydrogens is 365 g/mol. The molecule has 10 heteroatoms. The molecule has 3 aromatic carbocycles. The highest BCUT2D eigenvalue weighted by Gasteiger charge is 2.26. The highest BCUT2D eigenvalue weighted by molar-refractivity contribution is 6.95. The first-order valence-corrected chi connectivity index (χ1v) is 8.10. The van der Waals surface area contributed by atoms with Gasteiger partial charge in [-0.3, -0.25) is 30.3 Å². The molecule has 0 heterocycles. The molecule has 0 unspecified atom stereocenters. The van der Waals surface area contributed by atoms with Crippen molar-refractivity contribution in [3.63, 3.8) is 0 Å². The molecule has 0 atom stereocenters. The first-order valence-electron chi connectivity index (χ1n) is 8.10. The van der Waals surface area contributed by atoms with Crippen molar-refractivity contribution in [2.45, 2.75) is 0 Å². The van der Waals surface area contributed by atoms with Crippen LogP contribution in [0.3, 0.4) is 0 Å². The Morgan fingerprint density at radius 2 is 0.821 bits per heavy atom. The molecule has 0 fully saturated rings. The van der Waals surface area contributed by atoms with E-state index in [1.54, 1.807) is 18.2 Å². The molecule has 3 aromatic rings. The molecule has 0 saturated carbocycles.